The summed E-state index contributed by atoms with van der Waals surface area (Å²) in [5.41, 5.74) is 1.96. The van der Waals surface area contributed by atoms with E-state index < -0.39 is 5.91 Å². The molecule has 1 N–H and O–H groups in total. The number of halogens is 1. The molecule has 2 aromatic rings. The number of nitrogens with zero attached hydrogens (tertiary/aromatic N) is 1. The van der Waals surface area contributed by atoms with Gasteiger partial charge in [-0.2, -0.15) is 5.26 Å². The van der Waals surface area contributed by atoms with Crippen LogP contribution in [0.25, 0.3) is 6.08 Å². The van der Waals surface area contributed by atoms with Gasteiger partial charge < -0.3 is 14.8 Å². The summed E-state index contributed by atoms with van der Waals surface area (Å²) in [6.07, 6.45) is 3.59. The van der Waals surface area contributed by atoms with Crippen LogP contribution in [0.5, 0.6) is 11.5 Å². The molecule has 5 nitrogen and oxygen atoms in total. The number of hydrogen-bond donors (Lipinski definition) is 1. The van der Waals surface area contributed by atoms with Crippen LogP contribution in [-0.2, 0) is 4.79 Å². The maximum absolute atomic E-state index is 12.5. The summed E-state index contributed by atoms with van der Waals surface area (Å²) in [6.45, 7) is 4.59. The second-order valence-corrected chi connectivity index (χ2v) is 6.60. The third kappa shape index (κ3) is 5.77. The van der Waals surface area contributed by atoms with Gasteiger partial charge in [-0.25, -0.2) is 0 Å². The second kappa shape index (κ2) is 10.4. The predicted molar refractivity (Wildman–Crippen MR) is 112 cm³/mol. The highest BCUT2D eigenvalue weighted by molar-refractivity contribution is 6.31. The lowest BCUT2D eigenvalue weighted by atomic mass is 10.1. The number of methoxy groups -OCH3 is 1. The Kier molecular flexibility index (Phi) is 7.91. The first-order valence-electron chi connectivity index (χ1n) is 8.98. The van der Waals surface area contributed by atoms with Crippen molar-refractivity contribution in [3.8, 4) is 17.6 Å². The first kappa shape index (κ1) is 21.3. The Bertz CT molecular complexity index is 899. The molecule has 0 bridgehead atoms. The largest absolute Gasteiger partial charge is 0.495 e. The molecule has 0 aliphatic carbocycles. The number of anilines is 1. The van der Waals surface area contributed by atoms with Gasteiger partial charge in [0.15, 0.2) is 0 Å². The molecule has 0 radical (unpaired) electrons. The Hall–Kier alpha value is -2.97. The van der Waals surface area contributed by atoms with E-state index in [-0.39, 0.29) is 5.57 Å². The standard InChI is InChI=1S/C22H23ClN2O3/c1-4-5-10-28-18-8-6-16(7-9-18)12-17(14-24)22(26)25-20-11-15(2)19(23)13-21(20)27-3/h6-9,11-13H,4-5,10H2,1-3H3,(H,25,26)/b17-12+. The van der Waals surface area contributed by atoms with Crippen LogP contribution in [0.2, 0.25) is 5.02 Å². The minimum absolute atomic E-state index is 0.0192. The zero-order chi connectivity index (χ0) is 20.5. The lowest BCUT2D eigenvalue weighted by molar-refractivity contribution is -0.112. The Morgan fingerprint density at radius 3 is 2.61 bits per heavy atom. The van der Waals surface area contributed by atoms with Crippen molar-refractivity contribution in [1.29, 1.82) is 5.26 Å². The van der Waals surface area contributed by atoms with Gasteiger partial charge in [0.25, 0.3) is 5.91 Å². The molecule has 0 saturated heterocycles. The molecule has 0 fully saturated rings. The van der Waals surface area contributed by atoms with E-state index in [4.69, 9.17) is 21.1 Å². The molecule has 2 rings (SSSR count). The number of nitrogens with one attached hydrogen (secondary N) is 1. The highest BCUT2D eigenvalue weighted by Crippen LogP contribution is 2.31. The maximum Gasteiger partial charge on any atom is 0.266 e. The van der Waals surface area contributed by atoms with Crippen molar-refractivity contribution in [2.75, 3.05) is 19.0 Å². The number of unbranched alkanes of at least 4 members (excludes halogenated alkanes) is 1. The van der Waals surface area contributed by atoms with E-state index in [9.17, 15) is 10.1 Å². The van der Waals surface area contributed by atoms with Gasteiger partial charge in [-0.1, -0.05) is 37.1 Å². The van der Waals surface area contributed by atoms with Gasteiger partial charge in [0.1, 0.15) is 23.1 Å². The van der Waals surface area contributed by atoms with Gasteiger partial charge in [-0.15, -0.1) is 0 Å². The quantitative estimate of drug-likeness (QED) is 0.368. The summed E-state index contributed by atoms with van der Waals surface area (Å²) in [4.78, 5) is 12.5. The number of hydrogen-bond acceptors (Lipinski definition) is 4. The van der Waals surface area contributed by atoms with Crippen LogP contribution in [-0.4, -0.2) is 19.6 Å². The zero-order valence-corrected chi connectivity index (χ0v) is 17.0. The number of rotatable bonds is 8. The lowest BCUT2D eigenvalue weighted by Gasteiger charge is -2.12. The van der Waals surface area contributed by atoms with E-state index in [1.54, 1.807) is 24.3 Å². The van der Waals surface area contributed by atoms with E-state index in [1.807, 2.05) is 25.1 Å². The summed E-state index contributed by atoms with van der Waals surface area (Å²) in [5.74, 6) is 0.663. The molecule has 6 heteroatoms. The van der Waals surface area contributed by atoms with Crippen LogP contribution in [0.3, 0.4) is 0 Å². The molecule has 0 aliphatic heterocycles. The first-order chi connectivity index (χ1) is 13.5. The van der Waals surface area contributed by atoms with E-state index >= 15 is 0 Å². The smallest absolute Gasteiger partial charge is 0.266 e. The number of carbonyl (C=O) groups is 1. The maximum atomic E-state index is 12.5. The van der Waals surface area contributed by atoms with Crippen LogP contribution < -0.4 is 14.8 Å². The number of amides is 1. The molecule has 0 atom stereocenters. The number of nitriles is 1. The number of ether oxygens (including phenoxy) is 2. The molecule has 0 aromatic heterocycles. The van der Waals surface area contributed by atoms with Crippen molar-refractivity contribution >= 4 is 29.3 Å². The average molecular weight is 399 g/mol. The number of carbonyl (C=O) groups excluding carboxylic acids is 1. The van der Waals surface area contributed by atoms with Crippen LogP contribution in [0, 0.1) is 18.3 Å². The third-order valence-electron chi connectivity index (χ3n) is 4.05. The van der Waals surface area contributed by atoms with Crippen molar-refractivity contribution in [2.45, 2.75) is 26.7 Å². The molecule has 2 aromatic carbocycles. The fourth-order valence-electron chi connectivity index (χ4n) is 2.43. The highest BCUT2D eigenvalue weighted by atomic mass is 35.5. The van der Waals surface area contributed by atoms with Gasteiger partial charge in [0, 0.05) is 11.1 Å². The topological polar surface area (TPSA) is 71.3 Å². The number of benzene rings is 2. The minimum atomic E-state index is -0.522. The minimum Gasteiger partial charge on any atom is -0.495 e. The Balaban J connectivity index is 2.15. The van der Waals surface area contributed by atoms with Gasteiger partial charge >= 0.3 is 0 Å². The normalized spacial score (nSPS) is 10.9. The van der Waals surface area contributed by atoms with Gasteiger partial charge in [0.2, 0.25) is 0 Å². The monoisotopic (exact) mass is 398 g/mol. The molecule has 146 valence electrons. The third-order valence-corrected chi connectivity index (χ3v) is 4.46. The van der Waals surface area contributed by atoms with Crippen molar-refractivity contribution in [2.24, 2.45) is 0 Å². The first-order valence-corrected chi connectivity index (χ1v) is 9.36. The van der Waals surface area contributed by atoms with Crippen molar-refractivity contribution in [1.82, 2.24) is 0 Å². The summed E-state index contributed by atoms with van der Waals surface area (Å²) < 4.78 is 10.9. The molecule has 28 heavy (non-hydrogen) atoms. The zero-order valence-electron chi connectivity index (χ0n) is 16.2. The molecule has 0 unspecified atom stereocenters. The van der Waals surface area contributed by atoms with E-state index in [0.717, 1.165) is 29.7 Å². The predicted octanol–water partition coefficient (Wildman–Crippen LogP) is 5.38. The van der Waals surface area contributed by atoms with Gasteiger partial charge in [-0.05, 0) is 48.7 Å². The van der Waals surface area contributed by atoms with Crippen molar-refractivity contribution in [3.63, 3.8) is 0 Å². The van der Waals surface area contributed by atoms with E-state index in [2.05, 4.69) is 12.2 Å². The van der Waals surface area contributed by atoms with Crippen LogP contribution in [0.15, 0.2) is 42.0 Å². The molecular weight excluding hydrogens is 376 g/mol. The fraction of sp³-hybridized carbons (Fsp3) is 0.273. The summed E-state index contributed by atoms with van der Waals surface area (Å²) in [7, 11) is 1.49. The molecule has 0 aliphatic rings. The summed E-state index contributed by atoms with van der Waals surface area (Å²) in [5, 5.41) is 12.6. The SMILES string of the molecule is CCCCOc1ccc(/C=C(\C#N)C(=O)Nc2cc(C)c(Cl)cc2OC)cc1. The van der Waals surface area contributed by atoms with Gasteiger partial charge in [-0.3, -0.25) is 4.79 Å². The van der Waals surface area contributed by atoms with E-state index in [1.165, 1.54) is 13.2 Å². The van der Waals surface area contributed by atoms with Crippen molar-refractivity contribution in [3.05, 3.63) is 58.1 Å². The van der Waals surface area contributed by atoms with Crippen LogP contribution in [0.4, 0.5) is 5.69 Å². The molecule has 1 amide bonds. The summed E-state index contributed by atoms with van der Waals surface area (Å²) in [6, 6.07) is 12.5. The van der Waals surface area contributed by atoms with Gasteiger partial charge in [0.05, 0.1) is 19.4 Å². The Labute approximate surface area is 170 Å². The highest BCUT2D eigenvalue weighted by Gasteiger charge is 2.14. The van der Waals surface area contributed by atoms with Crippen molar-refractivity contribution < 1.29 is 14.3 Å². The van der Waals surface area contributed by atoms with Crippen LogP contribution in [0.1, 0.15) is 30.9 Å². The fourth-order valence-corrected chi connectivity index (χ4v) is 2.58. The lowest BCUT2D eigenvalue weighted by Crippen LogP contribution is -2.14. The Morgan fingerprint density at radius 1 is 1.29 bits per heavy atom. The number of aryl methyl sites for hydroxylation is 1. The molecule has 0 spiro atoms. The summed E-state index contributed by atoms with van der Waals surface area (Å²) >= 11 is 6.08. The van der Waals surface area contributed by atoms with E-state index in [0.29, 0.717) is 23.1 Å². The molecule has 0 heterocycles. The molecular formula is C22H23ClN2O3. The van der Waals surface area contributed by atoms with Crippen LogP contribution >= 0.6 is 11.6 Å². The molecule has 0 saturated carbocycles. The second-order valence-electron chi connectivity index (χ2n) is 6.20. The average Bonchev–Trinajstić information content (AvgIpc) is 2.69. The Morgan fingerprint density at radius 2 is 2.00 bits per heavy atom.